The average molecular weight is 437 g/mol. The second kappa shape index (κ2) is 10.4. The van der Waals surface area contributed by atoms with Gasteiger partial charge in [-0.2, -0.15) is 0 Å². The molecule has 3 atom stereocenters. The zero-order valence-electron chi connectivity index (χ0n) is 17.4. The molecule has 9 nitrogen and oxygen atoms in total. The molecule has 3 rings (SSSR count). The molecule has 10 heteroatoms. The number of hydrogen-bond donors (Lipinski definition) is 3. The summed E-state index contributed by atoms with van der Waals surface area (Å²) in [4.78, 5) is 38.8. The summed E-state index contributed by atoms with van der Waals surface area (Å²) in [6, 6.07) is 4.63. The highest BCUT2D eigenvalue weighted by Gasteiger charge is 2.41. The summed E-state index contributed by atoms with van der Waals surface area (Å²) in [5.41, 5.74) is 2.09. The molecule has 1 aromatic carbocycles. The standard InChI is InChI=1S/C21H28FN3O6/c1-2-3-5-14(18(22)20(27)24-29)21(28)25-9-4-6-15(25)19(26)23-11-13-7-8-16-17(10-13)31-12-30-16/h7-8,10,14-15,18,29H,2-6,9,11-12H2,1H3,(H,23,26)(H,24,27)/t14-,15?,18+/m1/s1. The first-order chi connectivity index (χ1) is 15.0. The van der Waals surface area contributed by atoms with Crippen molar-refractivity contribution in [3.63, 3.8) is 0 Å². The van der Waals surface area contributed by atoms with Gasteiger partial charge in [0.25, 0.3) is 5.91 Å². The van der Waals surface area contributed by atoms with Gasteiger partial charge in [0, 0.05) is 13.1 Å². The maximum Gasteiger partial charge on any atom is 0.278 e. The smallest absolute Gasteiger partial charge is 0.278 e. The fraction of sp³-hybridized carbons (Fsp3) is 0.571. The third-order valence-corrected chi connectivity index (χ3v) is 5.64. The lowest BCUT2D eigenvalue weighted by atomic mass is 9.94. The monoisotopic (exact) mass is 437 g/mol. The van der Waals surface area contributed by atoms with Gasteiger partial charge < -0.3 is 19.7 Å². The van der Waals surface area contributed by atoms with Crippen LogP contribution in [0.15, 0.2) is 18.2 Å². The molecule has 0 spiro atoms. The molecule has 170 valence electrons. The highest BCUT2D eigenvalue weighted by molar-refractivity contribution is 5.92. The van der Waals surface area contributed by atoms with E-state index in [1.165, 1.54) is 10.4 Å². The summed E-state index contributed by atoms with van der Waals surface area (Å²) >= 11 is 0. The number of hydroxylamine groups is 1. The molecule has 0 radical (unpaired) electrons. The molecule has 1 fully saturated rings. The first-order valence-corrected chi connectivity index (χ1v) is 10.5. The van der Waals surface area contributed by atoms with Crippen LogP contribution in [0.2, 0.25) is 0 Å². The number of benzene rings is 1. The maximum absolute atomic E-state index is 14.6. The van der Waals surface area contributed by atoms with Gasteiger partial charge in [0.15, 0.2) is 17.7 Å². The number of unbranched alkanes of at least 4 members (excludes halogenated alkanes) is 1. The molecule has 0 aromatic heterocycles. The van der Waals surface area contributed by atoms with Crippen molar-refractivity contribution in [2.24, 2.45) is 5.92 Å². The van der Waals surface area contributed by atoms with Crippen molar-refractivity contribution in [3.05, 3.63) is 23.8 Å². The number of nitrogens with zero attached hydrogens (tertiary/aromatic N) is 1. The number of carbonyl (C=O) groups excluding carboxylic acids is 3. The van der Waals surface area contributed by atoms with Crippen molar-refractivity contribution in [3.8, 4) is 11.5 Å². The number of halogens is 1. The first kappa shape index (κ1) is 22.8. The Morgan fingerprint density at radius 1 is 1.29 bits per heavy atom. The Balaban J connectivity index is 1.64. The highest BCUT2D eigenvalue weighted by atomic mass is 19.1. The minimum Gasteiger partial charge on any atom is -0.454 e. The van der Waals surface area contributed by atoms with E-state index in [0.717, 1.165) is 12.0 Å². The second-order valence-corrected chi connectivity index (χ2v) is 7.72. The zero-order chi connectivity index (χ0) is 22.4. The van der Waals surface area contributed by atoms with Crippen LogP contribution in [0, 0.1) is 5.92 Å². The number of nitrogens with one attached hydrogen (secondary N) is 2. The predicted molar refractivity (Wildman–Crippen MR) is 107 cm³/mol. The third-order valence-electron chi connectivity index (χ3n) is 5.64. The van der Waals surface area contributed by atoms with Crippen LogP contribution in [-0.2, 0) is 20.9 Å². The van der Waals surface area contributed by atoms with Crippen molar-refractivity contribution in [1.82, 2.24) is 15.7 Å². The fourth-order valence-corrected chi connectivity index (χ4v) is 3.94. The van der Waals surface area contributed by atoms with Crippen molar-refractivity contribution < 1.29 is 33.5 Å². The molecule has 2 aliphatic heterocycles. The molecular weight excluding hydrogens is 409 g/mol. The lowest BCUT2D eigenvalue weighted by Crippen LogP contribution is -2.50. The average Bonchev–Trinajstić information content (AvgIpc) is 3.45. The van der Waals surface area contributed by atoms with E-state index in [0.29, 0.717) is 37.3 Å². The number of fused-ring (bicyclic) bond motifs is 1. The fourth-order valence-electron chi connectivity index (χ4n) is 3.94. The number of amides is 3. The van der Waals surface area contributed by atoms with E-state index in [2.05, 4.69) is 5.32 Å². The number of hydrogen-bond acceptors (Lipinski definition) is 6. The van der Waals surface area contributed by atoms with E-state index in [-0.39, 0.29) is 25.7 Å². The Hall–Kier alpha value is -2.88. The van der Waals surface area contributed by atoms with Gasteiger partial charge in [-0.3, -0.25) is 19.6 Å². The number of alkyl halides is 1. The van der Waals surface area contributed by atoms with Gasteiger partial charge in [0.05, 0.1) is 5.92 Å². The van der Waals surface area contributed by atoms with E-state index in [9.17, 15) is 18.8 Å². The highest BCUT2D eigenvalue weighted by Crippen LogP contribution is 2.32. The van der Waals surface area contributed by atoms with Gasteiger partial charge in [-0.1, -0.05) is 25.8 Å². The summed E-state index contributed by atoms with van der Waals surface area (Å²) < 4.78 is 25.1. The Labute approximate surface area is 179 Å². The normalized spacial score (nSPS) is 19.1. The van der Waals surface area contributed by atoms with E-state index < -0.39 is 29.9 Å². The quantitative estimate of drug-likeness (QED) is 0.400. The largest absolute Gasteiger partial charge is 0.454 e. The number of ether oxygens (including phenoxy) is 2. The molecule has 0 bridgehead atoms. The van der Waals surface area contributed by atoms with E-state index in [1.807, 2.05) is 13.0 Å². The van der Waals surface area contributed by atoms with Gasteiger partial charge in [-0.25, -0.2) is 9.87 Å². The van der Waals surface area contributed by atoms with Crippen LogP contribution in [0.5, 0.6) is 11.5 Å². The topological polar surface area (TPSA) is 117 Å². The third kappa shape index (κ3) is 5.25. The number of carbonyl (C=O) groups is 3. The Bertz CT molecular complexity index is 820. The summed E-state index contributed by atoms with van der Waals surface area (Å²) in [6.07, 6.45) is 0.314. The maximum atomic E-state index is 14.6. The van der Waals surface area contributed by atoms with Crippen molar-refractivity contribution in [2.45, 2.75) is 57.8 Å². The second-order valence-electron chi connectivity index (χ2n) is 7.72. The van der Waals surface area contributed by atoms with Gasteiger partial charge in [-0.05, 0) is 37.0 Å². The Morgan fingerprint density at radius 3 is 2.81 bits per heavy atom. The molecule has 1 saturated heterocycles. The van der Waals surface area contributed by atoms with Crippen LogP contribution in [0.4, 0.5) is 4.39 Å². The lowest BCUT2D eigenvalue weighted by Gasteiger charge is -2.29. The number of likely N-dealkylation sites (tertiary alicyclic amines) is 1. The Kier molecular flexibility index (Phi) is 7.67. The van der Waals surface area contributed by atoms with E-state index in [1.54, 1.807) is 12.1 Å². The summed E-state index contributed by atoms with van der Waals surface area (Å²) in [7, 11) is 0. The molecule has 1 aromatic rings. The van der Waals surface area contributed by atoms with Gasteiger partial charge in [0.2, 0.25) is 18.6 Å². The van der Waals surface area contributed by atoms with Crippen LogP contribution in [0.1, 0.15) is 44.6 Å². The number of rotatable bonds is 9. The molecule has 31 heavy (non-hydrogen) atoms. The first-order valence-electron chi connectivity index (χ1n) is 10.5. The summed E-state index contributed by atoms with van der Waals surface area (Å²) in [5, 5.41) is 11.6. The van der Waals surface area contributed by atoms with Gasteiger partial charge in [-0.15, -0.1) is 0 Å². The molecule has 1 unspecified atom stereocenters. The SMILES string of the molecule is CCCC[C@@H](C(=O)N1CCCC1C(=O)NCc1ccc2c(c1)OCO2)[C@H](F)C(=O)NO. The molecule has 3 amide bonds. The van der Waals surface area contributed by atoms with Crippen molar-refractivity contribution in [2.75, 3.05) is 13.3 Å². The summed E-state index contributed by atoms with van der Waals surface area (Å²) in [5.74, 6) is -2.15. The zero-order valence-corrected chi connectivity index (χ0v) is 17.4. The van der Waals surface area contributed by atoms with Crippen molar-refractivity contribution >= 4 is 17.7 Å². The molecule has 0 saturated carbocycles. The van der Waals surface area contributed by atoms with Crippen LogP contribution >= 0.6 is 0 Å². The summed E-state index contributed by atoms with van der Waals surface area (Å²) in [6.45, 7) is 2.61. The Morgan fingerprint density at radius 2 is 2.06 bits per heavy atom. The van der Waals surface area contributed by atoms with E-state index in [4.69, 9.17) is 14.7 Å². The lowest BCUT2D eigenvalue weighted by molar-refractivity contribution is -0.149. The van der Waals surface area contributed by atoms with Gasteiger partial charge >= 0.3 is 0 Å². The molecule has 2 aliphatic rings. The van der Waals surface area contributed by atoms with Crippen LogP contribution < -0.4 is 20.3 Å². The molecule has 2 heterocycles. The molecule has 3 N–H and O–H groups in total. The van der Waals surface area contributed by atoms with Crippen LogP contribution in [0.3, 0.4) is 0 Å². The predicted octanol–water partition coefficient (Wildman–Crippen LogP) is 1.67. The minimum absolute atomic E-state index is 0.159. The molecular formula is C21H28FN3O6. The van der Waals surface area contributed by atoms with Crippen LogP contribution in [0.25, 0.3) is 0 Å². The van der Waals surface area contributed by atoms with Crippen molar-refractivity contribution in [1.29, 1.82) is 0 Å². The van der Waals surface area contributed by atoms with E-state index >= 15 is 0 Å². The van der Waals surface area contributed by atoms with Crippen LogP contribution in [-0.4, -0.2) is 53.4 Å². The van der Waals surface area contributed by atoms with Gasteiger partial charge in [0.1, 0.15) is 6.04 Å². The minimum atomic E-state index is -2.18. The molecule has 0 aliphatic carbocycles.